The van der Waals surface area contributed by atoms with Gasteiger partial charge >= 0.3 is 0 Å². The summed E-state index contributed by atoms with van der Waals surface area (Å²) in [5.74, 6) is -0.735. The Morgan fingerprint density at radius 1 is 1.12 bits per heavy atom. The molecule has 0 radical (unpaired) electrons. The molecule has 0 spiro atoms. The van der Waals surface area contributed by atoms with Crippen molar-refractivity contribution in [2.75, 3.05) is 0 Å². The van der Waals surface area contributed by atoms with Crippen LogP contribution in [0.1, 0.15) is 59.3 Å². The van der Waals surface area contributed by atoms with Gasteiger partial charge < -0.3 is 9.84 Å². The number of hydrogen-bond acceptors (Lipinski definition) is 5. The van der Waals surface area contributed by atoms with Crippen LogP contribution in [-0.2, 0) is 6.54 Å². The Labute approximate surface area is 191 Å². The summed E-state index contributed by atoms with van der Waals surface area (Å²) in [7, 11) is 0. The SMILES string of the molecule is Cc1c(C(=O)C(C)Oc2ccc(C(C)C)cc2)c(O)n(Cc2ccc(F)cc2)c(=O)c1C#N. The Hall–Kier alpha value is -3.92. The molecule has 0 bridgehead atoms. The first-order valence-corrected chi connectivity index (χ1v) is 10.6. The van der Waals surface area contributed by atoms with Gasteiger partial charge in [0, 0.05) is 0 Å². The minimum absolute atomic E-state index is 0.0889. The number of carbonyl (C=O) groups is 1. The predicted molar refractivity (Wildman–Crippen MR) is 122 cm³/mol. The molecule has 170 valence electrons. The molecule has 1 unspecified atom stereocenters. The van der Waals surface area contributed by atoms with Gasteiger partial charge in [-0.1, -0.05) is 38.1 Å². The number of aromatic nitrogens is 1. The second-order valence-electron chi connectivity index (χ2n) is 8.18. The lowest BCUT2D eigenvalue weighted by molar-refractivity contribution is 0.0812. The number of hydrogen-bond donors (Lipinski definition) is 1. The van der Waals surface area contributed by atoms with Crippen LogP contribution >= 0.6 is 0 Å². The van der Waals surface area contributed by atoms with Crippen molar-refractivity contribution < 1.29 is 19.0 Å². The number of ether oxygens (including phenoxy) is 1. The molecule has 0 aliphatic heterocycles. The zero-order valence-electron chi connectivity index (χ0n) is 18.9. The summed E-state index contributed by atoms with van der Waals surface area (Å²) in [6, 6.07) is 14.6. The van der Waals surface area contributed by atoms with Crippen molar-refractivity contribution >= 4 is 5.78 Å². The van der Waals surface area contributed by atoms with E-state index in [2.05, 4.69) is 13.8 Å². The van der Waals surface area contributed by atoms with Crippen LogP contribution < -0.4 is 10.3 Å². The average molecular weight is 448 g/mol. The number of rotatable bonds is 7. The molecule has 7 heteroatoms. The van der Waals surface area contributed by atoms with Crippen molar-refractivity contribution in [2.45, 2.75) is 46.3 Å². The van der Waals surface area contributed by atoms with E-state index in [1.165, 1.54) is 31.2 Å². The van der Waals surface area contributed by atoms with Gasteiger partial charge in [0.25, 0.3) is 5.56 Å². The third-order valence-electron chi connectivity index (χ3n) is 5.53. The number of halogens is 1. The summed E-state index contributed by atoms with van der Waals surface area (Å²) < 4.78 is 20.0. The fourth-order valence-corrected chi connectivity index (χ4v) is 3.56. The van der Waals surface area contributed by atoms with Crippen molar-refractivity contribution in [1.82, 2.24) is 4.57 Å². The van der Waals surface area contributed by atoms with Gasteiger partial charge in [-0.15, -0.1) is 0 Å². The Morgan fingerprint density at radius 2 is 1.73 bits per heavy atom. The van der Waals surface area contributed by atoms with Gasteiger partial charge in [-0.05, 0) is 60.7 Å². The van der Waals surface area contributed by atoms with E-state index in [1.807, 2.05) is 18.2 Å². The number of aromatic hydroxyl groups is 1. The molecule has 33 heavy (non-hydrogen) atoms. The smallest absolute Gasteiger partial charge is 0.271 e. The Balaban J connectivity index is 1.98. The Morgan fingerprint density at radius 3 is 2.27 bits per heavy atom. The van der Waals surface area contributed by atoms with Crippen molar-refractivity contribution in [3.8, 4) is 17.7 Å². The summed E-state index contributed by atoms with van der Waals surface area (Å²) in [5.41, 5.74) is 0.610. The second kappa shape index (κ2) is 9.70. The van der Waals surface area contributed by atoms with Crippen molar-refractivity contribution in [3.05, 3.63) is 92.5 Å². The largest absolute Gasteiger partial charge is 0.494 e. The van der Waals surface area contributed by atoms with Crippen LogP contribution in [0.2, 0.25) is 0 Å². The fraction of sp³-hybridized carbons (Fsp3) is 0.269. The highest BCUT2D eigenvalue weighted by Gasteiger charge is 2.28. The van der Waals surface area contributed by atoms with Gasteiger partial charge in [-0.25, -0.2) is 4.39 Å². The van der Waals surface area contributed by atoms with Gasteiger partial charge in [-0.3, -0.25) is 14.2 Å². The molecule has 0 aliphatic rings. The zero-order chi connectivity index (χ0) is 24.3. The van der Waals surface area contributed by atoms with E-state index in [4.69, 9.17) is 4.74 Å². The number of ketones is 1. The van der Waals surface area contributed by atoms with Crippen LogP contribution in [-0.4, -0.2) is 21.6 Å². The molecule has 0 saturated carbocycles. The first kappa shape index (κ1) is 23.7. The minimum Gasteiger partial charge on any atom is -0.494 e. The molecule has 0 fully saturated rings. The monoisotopic (exact) mass is 448 g/mol. The summed E-state index contributed by atoms with van der Waals surface area (Å²) in [6.45, 7) is 6.99. The van der Waals surface area contributed by atoms with Gasteiger partial charge in [-0.2, -0.15) is 5.26 Å². The van der Waals surface area contributed by atoms with Crippen LogP contribution in [0, 0.1) is 24.1 Å². The van der Waals surface area contributed by atoms with Crippen molar-refractivity contribution in [1.29, 1.82) is 5.26 Å². The van der Waals surface area contributed by atoms with Crippen molar-refractivity contribution in [2.24, 2.45) is 0 Å². The van der Waals surface area contributed by atoms with Crippen LogP contribution in [0.4, 0.5) is 4.39 Å². The number of nitrogens with zero attached hydrogens (tertiary/aromatic N) is 2. The van der Waals surface area contributed by atoms with Crippen LogP contribution in [0.3, 0.4) is 0 Å². The summed E-state index contributed by atoms with van der Waals surface area (Å²) in [4.78, 5) is 26.0. The highest BCUT2D eigenvalue weighted by atomic mass is 19.1. The second-order valence-corrected chi connectivity index (χ2v) is 8.18. The highest BCUT2D eigenvalue weighted by molar-refractivity contribution is 6.03. The first-order chi connectivity index (χ1) is 15.6. The predicted octanol–water partition coefficient (Wildman–Crippen LogP) is 4.70. The summed E-state index contributed by atoms with van der Waals surface area (Å²) in [6.07, 6.45) is -0.984. The molecule has 1 atom stereocenters. The number of Topliss-reactive ketones (excluding diaryl/α,β-unsaturated/α-hetero) is 1. The topological polar surface area (TPSA) is 92.3 Å². The fourth-order valence-electron chi connectivity index (χ4n) is 3.56. The maximum Gasteiger partial charge on any atom is 0.271 e. The Kier molecular flexibility index (Phi) is 6.98. The van der Waals surface area contributed by atoms with Crippen LogP contribution in [0.25, 0.3) is 0 Å². The zero-order valence-corrected chi connectivity index (χ0v) is 18.9. The normalized spacial score (nSPS) is 11.8. The summed E-state index contributed by atoms with van der Waals surface area (Å²) in [5, 5.41) is 20.4. The molecular formula is C26H25FN2O4. The van der Waals surface area contributed by atoms with Gasteiger partial charge in [0.15, 0.2) is 6.10 Å². The molecule has 6 nitrogen and oxygen atoms in total. The van der Waals surface area contributed by atoms with E-state index in [1.54, 1.807) is 19.1 Å². The maximum atomic E-state index is 13.2. The van der Waals surface area contributed by atoms with E-state index >= 15 is 0 Å². The molecule has 1 aromatic heterocycles. The van der Waals surface area contributed by atoms with Crippen LogP contribution in [0.5, 0.6) is 11.6 Å². The molecule has 3 rings (SSSR count). The Bertz CT molecular complexity index is 1270. The first-order valence-electron chi connectivity index (χ1n) is 10.6. The molecule has 3 aromatic rings. The molecular weight excluding hydrogens is 423 g/mol. The highest BCUT2D eigenvalue weighted by Crippen LogP contribution is 2.26. The number of pyridine rings is 1. The minimum atomic E-state index is -0.984. The number of carbonyl (C=O) groups excluding carboxylic acids is 1. The van der Waals surface area contributed by atoms with Gasteiger partial charge in [0.1, 0.15) is 23.2 Å². The molecule has 0 saturated heterocycles. The molecule has 1 N–H and O–H groups in total. The number of benzene rings is 2. The van der Waals surface area contributed by atoms with E-state index in [0.717, 1.165) is 10.1 Å². The van der Waals surface area contributed by atoms with E-state index < -0.39 is 29.1 Å². The van der Waals surface area contributed by atoms with E-state index in [0.29, 0.717) is 17.2 Å². The average Bonchev–Trinajstić information content (AvgIpc) is 2.78. The molecule has 1 heterocycles. The third kappa shape index (κ3) is 4.96. The third-order valence-corrected chi connectivity index (χ3v) is 5.53. The molecule has 0 aliphatic carbocycles. The lowest BCUT2D eigenvalue weighted by atomic mass is 9.99. The van der Waals surface area contributed by atoms with Crippen LogP contribution in [0.15, 0.2) is 53.3 Å². The van der Waals surface area contributed by atoms with Crippen molar-refractivity contribution in [3.63, 3.8) is 0 Å². The summed E-state index contributed by atoms with van der Waals surface area (Å²) >= 11 is 0. The molecule has 0 amide bonds. The number of nitriles is 1. The van der Waals surface area contributed by atoms with Gasteiger partial charge in [0.2, 0.25) is 11.7 Å². The lowest BCUT2D eigenvalue weighted by Gasteiger charge is -2.19. The van der Waals surface area contributed by atoms with E-state index in [-0.39, 0.29) is 23.2 Å². The quantitative estimate of drug-likeness (QED) is 0.529. The maximum absolute atomic E-state index is 13.2. The lowest BCUT2D eigenvalue weighted by Crippen LogP contribution is -2.31. The molecule has 2 aromatic carbocycles. The standard InChI is InChI=1S/C26H25FN2O4/c1-15(2)19-7-11-21(12-8-19)33-17(4)24(30)23-16(3)22(13-28)25(31)29(26(23)32)14-18-5-9-20(27)10-6-18/h5-12,15,17,32H,14H2,1-4H3. The van der Waals surface area contributed by atoms with E-state index in [9.17, 15) is 24.3 Å². The van der Waals surface area contributed by atoms with Gasteiger partial charge in [0.05, 0.1) is 12.1 Å².